The number of H-pyrrole nitrogens is 2. The van der Waals surface area contributed by atoms with Crippen LogP contribution in [0.4, 0.5) is 0 Å². The normalized spacial score (nSPS) is 13.3. The van der Waals surface area contributed by atoms with Gasteiger partial charge in [-0.25, -0.2) is 8.42 Å². The molecule has 9 nitrogen and oxygen atoms in total. The summed E-state index contributed by atoms with van der Waals surface area (Å²) in [5.41, 5.74) is -1.39. The molecule has 1 heterocycles. The molecule has 0 fully saturated rings. The van der Waals surface area contributed by atoms with Crippen LogP contribution in [0.3, 0.4) is 0 Å². The van der Waals surface area contributed by atoms with Gasteiger partial charge in [0.15, 0.2) is 0 Å². The molecule has 0 saturated carbocycles. The lowest BCUT2D eigenvalue weighted by Crippen LogP contribution is -2.44. The zero-order chi connectivity index (χ0) is 17.4. The predicted molar refractivity (Wildman–Crippen MR) is 81.8 cm³/mol. The molecule has 0 radical (unpaired) electrons. The maximum atomic E-state index is 12.3. The highest BCUT2D eigenvalue weighted by molar-refractivity contribution is 7.89. The number of aromatic nitrogens is 2. The quantitative estimate of drug-likeness (QED) is 0.544. The van der Waals surface area contributed by atoms with Crippen molar-refractivity contribution in [3.63, 3.8) is 0 Å². The summed E-state index contributed by atoms with van der Waals surface area (Å²) in [5, 5.41) is 9.08. The van der Waals surface area contributed by atoms with Gasteiger partial charge in [0.2, 0.25) is 10.0 Å². The molecule has 1 aromatic heterocycles. The summed E-state index contributed by atoms with van der Waals surface area (Å²) < 4.78 is 26.7. The lowest BCUT2D eigenvalue weighted by molar-refractivity contribution is -0.140. The first-order valence-corrected chi connectivity index (χ1v) is 8.11. The Bertz CT molecular complexity index is 973. The molecule has 0 spiro atoms. The van der Waals surface area contributed by atoms with Crippen molar-refractivity contribution in [2.75, 3.05) is 0 Å². The molecule has 23 heavy (non-hydrogen) atoms. The number of hydrogen-bond donors (Lipinski definition) is 4. The van der Waals surface area contributed by atoms with Crippen molar-refractivity contribution in [1.82, 2.24) is 14.7 Å². The number of carboxylic acid groups (broad SMARTS) is 1. The number of benzene rings is 1. The van der Waals surface area contributed by atoms with Crippen LogP contribution in [0, 0.1) is 5.92 Å². The fourth-order valence-corrected chi connectivity index (χ4v) is 3.33. The van der Waals surface area contributed by atoms with Gasteiger partial charge in [-0.1, -0.05) is 13.8 Å². The summed E-state index contributed by atoms with van der Waals surface area (Å²) in [6, 6.07) is 2.38. The first-order valence-electron chi connectivity index (χ1n) is 6.63. The number of fused-ring (bicyclic) bond motifs is 1. The fourth-order valence-electron chi connectivity index (χ4n) is 1.97. The van der Waals surface area contributed by atoms with Crippen molar-refractivity contribution in [2.45, 2.75) is 24.8 Å². The number of nitrogens with one attached hydrogen (secondary N) is 3. The van der Waals surface area contributed by atoms with E-state index in [0.717, 1.165) is 6.07 Å². The SMILES string of the molecule is CC(C)C(NS(=O)(=O)c1ccc2[nH]c(=O)c(=O)[nH]c2c1)C(=O)O. The van der Waals surface area contributed by atoms with E-state index in [2.05, 4.69) is 14.7 Å². The van der Waals surface area contributed by atoms with E-state index in [-0.39, 0.29) is 15.9 Å². The number of sulfonamides is 1. The molecular weight excluding hydrogens is 326 g/mol. The minimum absolute atomic E-state index is 0.119. The molecule has 4 N–H and O–H groups in total. The molecule has 0 aliphatic carbocycles. The molecule has 1 atom stereocenters. The van der Waals surface area contributed by atoms with Crippen LogP contribution in [-0.4, -0.2) is 35.5 Å². The highest BCUT2D eigenvalue weighted by Crippen LogP contribution is 2.16. The molecule has 10 heteroatoms. The van der Waals surface area contributed by atoms with Crippen molar-refractivity contribution in [3.8, 4) is 0 Å². The van der Waals surface area contributed by atoms with Crippen molar-refractivity contribution in [1.29, 1.82) is 0 Å². The van der Waals surface area contributed by atoms with E-state index in [1.807, 2.05) is 0 Å². The van der Waals surface area contributed by atoms with Gasteiger partial charge in [-0.2, -0.15) is 4.72 Å². The summed E-state index contributed by atoms with van der Waals surface area (Å²) >= 11 is 0. The molecule has 124 valence electrons. The van der Waals surface area contributed by atoms with Gasteiger partial charge in [-0.15, -0.1) is 0 Å². The molecule has 1 unspecified atom stereocenters. The van der Waals surface area contributed by atoms with Crippen LogP contribution in [0.1, 0.15) is 13.8 Å². The van der Waals surface area contributed by atoms with E-state index >= 15 is 0 Å². The largest absolute Gasteiger partial charge is 0.480 e. The van der Waals surface area contributed by atoms with Gasteiger partial charge in [0, 0.05) is 0 Å². The maximum absolute atomic E-state index is 12.3. The Hall–Kier alpha value is -2.46. The number of carboxylic acids is 1. The van der Waals surface area contributed by atoms with Crippen molar-refractivity contribution < 1.29 is 18.3 Å². The minimum atomic E-state index is -4.11. The highest BCUT2D eigenvalue weighted by atomic mass is 32.2. The second kappa shape index (κ2) is 5.97. The molecule has 0 aliphatic heterocycles. The van der Waals surface area contributed by atoms with Crippen LogP contribution in [0.2, 0.25) is 0 Å². The second-order valence-corrected chi connectivity index (χ2v) is 7.01. The van der Waals surface area contributed by atoms with Crippen LogP contribution in [-0.2, 0) is 14.8 Å². The Labute approximate surface area is 130 Å². The molecule has 0 saturated heterocycles. The molecule has 0 amide bonds. The minimum Gasteiger partial charge on any atom is -0.480 e. The van der Waals surface area contributed by atoms with Gasteiger partial charge < -0.3 is 15.1 Å². The average molecular weight is 341 g/mol. The van der Waals surface area contributed by atoms with E-state index in [1.54, 1.807) is 13.8 Å². The summed E-state index contributed by atoms with van der Waals surface area (Å²) in [6.45, 7) is 3.15. The van der Waals surface area contributed by atoms with Crippen LogP contribution in [0.25, 0.3) is 11.0 Å². The first kappa shape index (κ1) is 16.9. The van der Waals surface area contributed by atoms with Gasteiger partial charge in [0.1, 0.15) is 6.04 Å². The molecular formula is C13H15N3O6S. The molecule has 0 aliphatic rings. The third-order valence-corrected chi connectivity index (χ3v) is 4.66. The maximum Gasteiger partial charge on any atom is 0.322 e. The van der Waals surface area contributed by atoms with Crippen LogP contribution < -0.4 is 15.8 Å². The summed E-state index contributed by atoms with van der Waals surface area (Å²) in [6.07, 6.45) is 0. The smallest absolute Gasteiger partial charge is 0.322 e. The zero-order valence-electron chi connectivity index (χ0n) is 12.3. The van der Waals surface area contributed by atoms with Crippen molar-refractivity contribution in [2.24, 2.45) is 5.92 Å². The topological polar surface area (TPSA) is 149 Å². The second-order valence-electron chi connectivity index (χ2n) is 5.30. The van der Waals surface area contributed by atoms with Gasteiger partial charge in [0.05, 0.1) is 15.9 Å². The Morgan fingerprint density at radius 3 is 2.22 bits per heavy atom. The van der Waals surface area contributed by atoms with Gasteiger partial charge in [-0.05, 0) is 24.1 Å². The molecule has 2 rings (SSSR count). The Balaban J connectivity index is 2.49. The Morgan fingerprint density at radius 2 is 1.70 bits per heavy atom. The standard InChI is InChI=1S/C13H15N3O6S/c1-6(2)10(13(19)20)16-23(21,22)7-3-4-8-9(5-7)15-12(18)11(17)14-8/h3-6,10,16H,1-2H3,(H,14,17)(H,15,18)(H,19,20). The fraction of sp³-hybridized carbons (Fsp3) is 0.308. The van der Waals surface area contributed by atoms with E-state index in [1.165, 1.54) is 12.1 Å². The lowest BCUT2D eigenvalue weighted by Gasteiger charge is -2.18. The third-order valence-electron chi connectivity index (χ3n) is 3.22. The van der Waals surface area contributed by atoms with Crippen LogP contribution in [0.15, 0.2) is 32.7 Å². The Morgan fingerprint density at radius 1 is 1.13 bits per heavy atom. The Kier molecular flexibility index (Phi) is 4.39. The van der Waals surface area contributed by atoms with E-state index in [4.69, 9.17) is 5.11 Å². The summed E-state index contributed by atoms with van der Waals surface area (Å²) in [4.78, 5) is 38.0. The van der Waals surface area contributed by atoms with E-state index < -0.39 is 39.1 Å². The lowest BCUT2D eigenvalue weighted by atomic mass is 10.1. The molecule has 1 aromatic carbocycles. The van der Waals surface area contributed by atoms with Gasteiger partial charge >= 0.3 is 17.1 Å². The van der Waals surface area contributed by atoms with Crippen LogP contribution in [0.5, 0.6) is 0 Å². The monoisotopic (exact) mass is 341 g/mol. The zero-order valence-corrected chi connectivity index (χ0v) is 13.1. The van der Waals surface area contributed by atoms with E-state index in [9.17, 15) is 22.8 Å². The van der Waals surface area contributed by atoms with Crippen LogP contribution >= 0.6 is 0 Å². The number of aliphatic carboxylic acids is 1. The van der Waals surface area contributed by atoms with Crippen molar-refractivity contribution in [3.05, 3.63) is 38.9 Å². The van der Waals surface area contributed by atoms with Gasteiger partial charge in [0.25, 0.3) is 0 Å². The molecule has 0 bridgehead atoms. The van der Waals surface area contributed by atoms with Crippen molar-refractivity contribution >= 4 is 27.0 Å². The third kappa shape index (κ3) is 3.48. The average Bonchev–Trinajstić information content (AvgIpc) is 2.45. The summed E-state index contributed by atoms with van der Waals surface area (Å²) in [5.74, 6) is -1.75. The number of aromatic amines is 2. The van der Waals surface area contributed by atoms with Gasteiger partial charge in [-0.3, -0.25) is 14.4 Å². The highest BCUT2D eigenvalue weighted by Gasteiger charge is 2.28. The number of rotatable bonds is 5. The number of carbonyl (C=O) groups is 1. The predicted octanol–water partition coefficient (Wildman–Crippen LogP) is -0.396. The summed E-state index contributed by atoms with van der Waals surface area (Å²) in [7, 11) is -4.11. The van der Waals surface area contributed by atoms with E-state index in [0.29, 0.717) is 0 Å². The first-order chi connectivity index (χ1) is 10.6. The molecule has 2 aromatic rings. The number of hydrogen-bond acceptors (Lipinski definition) is 5.